The first-order valence-electron chi connectivity index (χ1n) is 7.38. The van der Waals surface area contributed by atoms with Gasteiger partial charge in [-0.25, -0.2) is 0 Å². The second-order valence-electron chi connectivity index (χ2n) is 5.30. The molecule has 2 aromatic carbocycles. The summed E-state index contributed by atoms with van der Waals surface area (Å²) in [6.45, 7) is 0. The van der Waals surface area contributed by atoms with Crippen LogP contribution in [0.15, 0.2) is 60.7 Å². The van der Waals surface area contributed by atoms with Crippen molar-refractivity contribution >= 4 is 11.8 Å². The zero-order valence-electron chi connectivity index (χ0n) is 12.7. The predicted octanol–water partition coefficient (Wildman–Crippen LogP) is 1.20. The molecule has 4 N–H and O–H groups in total. The fraction of sp³-hybridized carbons (Fsp3) is 0.222. The molecule has 0 radical (unpaired) electrons. The van der Waals surface area contributed by atoms with Crippen molar-refractivity contribution in [1.82, 2.24) is 0 Å². The minimum Gasteiger partial charge on any atom is -0.367 e. The van der Waals surface area contributed by atoms with Crippen LogP contribution in [0.5, 0.6) is 0 Å². The van der Waals surface area contributed by atoms with Gasteiger partial charge in [0.15, 0.2) is 0 Å². The van der Waals surface area contributed by atoms with Crippen molar-refractivity contribution in [2.45, 2.75) is 25.0 Å². The van der Waals surface area contributed by atoms with Crippen LogP contribution in [0.25, 0.3) is 0 Å². The van der Waals surface area contributed by atoms with Crippen molar-refractivity contribution in [3.63, 3.8) is 0 Å². The molecule has 0 saturated heterocycles. The molecule has 2 aromatic rings. The van der Waals surface area contributed by atoms with Crippen LogP contribution in [0.2, 0.25) is 0 Å². The number of amides is 2. The molecule has 0 heterocycles. The van der Waals surface area contributed by atoms with Gasteiger partial charge < -0.3 is 16.2 Å². The highest BCUT2D eigenvalue weighted by atomic mass is 16.5. The Labute approximate surface area is 135 Å². The number of ether oxygens (including phenoxy) is 1. The quantitative estimate of drug-likeness (QED) is 0.766. The predicted molar refractivity (Wildman–Crippen MR) is 87.3 cm³/mol. The van der Waals surface area contributed by atoms with Crippen molar-refractivity contribution in [1.29, 1.82) is 0 Å². The molecule has 2 unspecified atom stereocenters. The molecule has 120 valence electrons. The van der Waals surface area contributed by atoms with E-state index in [9.17, 15) is 9.59 Å². The van der Waals surface area contributed by atoms with Gasteiger partial charge in [-0.2, -0.15) is 0 Å². The van der Waals surface area contributed by atoms with E-state index in [0.717, 1.165) is 11.1 Å². The molecule has 0 saturated carbocycles. The summed E-state index contributed by atoms with van der Waals surface area (Å²) in [5.74, 6) is -1.23. The zero-order chi connectivity index (χ0) is 16.7. The molecule has 23 heavy (non-hydrogen) atoms. The number of carbonyl (C=O) groups is 2. The summed E-state index contributed by atoms with van der Waals surface area (Å²) in [5.41, 5.74) is 12.6. The molecular formula is C18H20N2O3. The first-order chi connectivity index (χ1) is 11.1. The van der Waals surface area contributed by atoms with E-state index in [-0.39, 0.29) is 0 Å². The van der Waals surface area contributed by atoms with E-state index in [1.165, 1.54) is 0 Å². The zero-order valence-corrected chi connectivity index (χ0v) is 12.7. The summed E-state index contributed by atoms with van der Waals surface area (Å²) in [7, 11) is 0. The number of carbonyl (C=O) groups excluding carboxylic acids is 2. The maximum atomic E-state index is 11.7. The lowest BCUT2D eigenvalue weighted by Gasteiger charge is -2.21. The highest BCUT2D eigenvalue weighted by molar-refractivity contribution is 5.82. The Bertz CT molecular complexity index is 586. The van der Waals surface area contributed by atoms with Gasteiger partial charge in [0.05, 0.1) is 0 Å². The largest absolute Gasteiger partial charge is 0.367 e. The third kappa shape index (κ3) is 5.23. The van der Waals surface area contributed by atoms with Crippen molar-refractivity contribution in [3.05, 3.63) is 71.8 Å². The van der Waals surface area contributed by atoms with Crippen molar-refractivity contribution in [2.24, 2.45) is 11.5 Å². The van der Waals surface area contributed by atoms with Crippen LogP contribution in [-0.2, 0) is 27.2 Å². The van der Waals surface area contributed by atoms with E-state index >= 15 is 0 Å². The number of benzene rings is 2. The number of nitrogens with two attached hydrogens (primary N) is 2. The second kappa shape index (κ2) is 8.10. The monoisotopic (exact) mass is 312 g/mol. The summed E-state index contributed by atoms with van der Waals surface area (Å²) in [6, 6.07) is 18.7. The van der Waals surface area contributed by atoms with Gasteiger partial charge in [-0.05, 0) is 11.1 Å². The minimum atomic E-state index is -0.904. The summed E-state index contributed by atoms with van der Waals surface area (Å²) < 4.78 is 5.63. The average molecular weight is 312 g/mol. The van der Waals surface area contributed by atoms with Gasteiger partial charge in [0.2, 0.25) is 11.8 Å². The number of hydrogen-bond donors (Lipinski definition) is 2. The number of hydrogen-bond acceptors (Lipinski definition) is 3. The summed E-state index contributed by atoms with van der Waals surface area (Å²) in [5, 5.41) is 0. The molecule has 0 aliphatic rings. The topological polar surface area (TPSA) is 95.4 Å². The van der Waals surface area contributed by atoms with Gasteiger partial charge >= 0.3 is 0 Å². The molecule has 2 rings (SSSR count). The van der Waals surface area contributed by atoms with Gasteiger partial charge in [0, 0.05) is 12.8 Å². The maximum absolute atomic E-state index is 11.7. The van der Waals surface area contributed by atoms with Crippen LogP contribution >= 0.6 is 0 Å². The fourth-order valence-corrected chi connectivity index (χ4v) is 2.29. The Kier molecular flexibility index (Phi) is 5.88. The third-order valence-electron chi connectivity index (χ3n) is 3.49. The SMILES string of the molecule is NC(=O)C(Cc1ccccc1)OC(Cc1ccccc1)C(N)=O. The molecule has 5 nitrogen and oxygen atoms in total. The Morgan fingerprint density at radius 2 is 1.09 bits per heavy atom. The van der Waals surface area contributed by atoms with Crippen molar-refractivity contribution < 1.29 is 14.3 Å². The van der Waals surface area contributed by atoms with Gasteiger partial charge in [0.25, 0.3) is 0 Å². The van der Waals surface area contributed by atoms with Gasteiger partial charge in [0.1, 0.15) is 12.2 Å². The molecule has 0 aliphatic heterocycles. The van der Waals surface area contributed by atoms with Crippen LogP contribution in [-0.4, -0.2) is 24.0 Å². The normalized spacial score (nSPS) is 13.2. The maximum Gasteiger partial charge on any atom is 0.246 e. The number of rotatable bonds is 8. The Hall–Kier alpha value is -2.66. The van der Waals surface area contributed by atoms with Gasteiger partial charge in [-0.15, -0.1) is 0 Å². The number of primary amides is 2. The van der Waals surface area contributed by atoms with Gasteiger partial charge in [-0.1, -0.05) is 60.7 Å². The highest BCUT2D eigenvalue weighted by Gasteiger charge is 2.25. The van der Waals surface area contributed by atoms with Crippen LogP contribution in [0, 0.1) is 0 Å². The van der Waals surface area contributed by atoms with Crippen molar-refractivity contribution in [2.75, 3.05) is 0 Å². The van der Waals surface area contributed by atoms with E-state index in [1.807, 2.05) is 60.7 Å². The Morgan fingerprint density at radius 3 is 1.39 bits per heavy atom. The van der Waals surface area contributed by atoms with Crippen LogP contribution in [0.3, 0.4) is 0 Å². The van der Waals surface area contributed by atoms with Gasteiger partial charge in [-0.3, -0.25) is 9.59 Å². The molecule has 0 bridgehead atoms. The molecule has 0 fully saturated rings. The molecule has 0 aliphatic carbocycles. The smallest absolute Gasteiger partial charge is 0.246 e. The summed E-state index contributed by atoms with van der Waals surface area (Å²) in [4.78, 5) is 23.3. The summed E-state index contributed by atoms with van der Waals surface area (Å²) in [6.07, 6.45) is -1.21. The molecule has 0 aromatic heterocycles. The first kappa shape index (κ1) is 16.7. The average Bonchev–Trinajstić information content (AvgIpc) is 2.55. The van der Waals surface area contributed by atoms with Crippen LogP contribution in [0.1, 0.15) is 11.1 Å². The lowest BCUT2D eigenvalue weighted by atomic mass is 10.1. The minimum absolute atomic E-state index is 0.300. The molecular weight excluding hydrogens is 292 g/mol. The molecule has 2 amide bonds. The standard InChI is InChI=1S/C18H20N2O3/c19-17(21)15(11-13-7-3-1-4-8-13)23-16(18(20)22)12-14-9-5-2-6-10-14/h1-10,15-16H,11-12H2,(H2,19,21)(H2,20,22). The molecule has 5 heteroatoms. The Morgan fingerprint density at radius 1 is 0.739 bits per heavy atom. The Balaban J connectivity index is 2.08. The van der Waals surface area contributed by atoms with E-state index in [1.54, 1.807) is 0 Å². The van der Waals surface area contributed by atoms with Crippen LogP contribution < -0.4 is 11.5 Å². The first-order valence-corrected chi connectivity index (χ1v) is 7.38. The van der Waals surface area contributed by atoms with Crippen molar-refractivity contribution in [3.8, 4) is 0 Å². The third-order valence-corrected chi connectivity index (χ3v) is 3.49. The van der Waals surface area contributed by atoms with E-state index < -0.39 is 24.0 Å². The van der Waals surface area contributed by atoms with E-state index in [2.05, 4.69) is 0 Å². The second-order valence-corrected chi connectivity index (χ2v) is 5.30. The molecule has 2 atom stereocenters. The summed E-state index contributed by atoms with van der Waals surface area (Å²) >= 11 is 0. The van der Waals surface area contributed by atoms with E-state index in [4.69, 9.17) is 16.2 Å². The lowest BCUT2D eigenvalue weighted by molar-refractivity contribution is -0.142. The van der Waals surface area contributed by atoms with Crippen LogP contribution in [0.4, 0.5) is 0 Å². The highest BCUT2D eigenvalue weighted by Crippen LogP contribution is 2.12. The van der Waals surface area contributed by atoms with E-state index in [0.29, 0.717) is 12.8 Å². The molecule has 0 spiro atoms. The fourth-order valence-electron chi connectivity index (χ4n) is 2.29. The lowest BCUT2D eigenvalue weighted by Crippen LogP contribution is -2.42.